The van der Waals surface area contributed by atoms with Gasteiger partial charge in [-0.05, 0) is 36.4 Å². The van der Waals surface area contributed by atoms with E-state index in [0.717, 1.165) is 6.07 Å². The molecule has 0 spiro atoms. The number of carbonyl (C=O) groups is 1. The molecule has 0 saturated carbocycles. The molecule has 1 aromatic heterocycles. The number of benzene rings is 2. The quantitative estimate of drug-likeness (QED) is 0.639. The lowest BCUT2D eigenvalue weighted by Gasteiger charge is -2.14. The van der Waals surface area contributed by atoms with Crippen LogP contribution in [0.3, 0.4) is 0 Å². The Labute approximate surface area is 159 Å². The largest absolute Gasteiger partial charge is 0.496 e. The Balaban J connectivity index is 1.74. The van der Waals surface area contributed by atoms with E-state index >= 15 is 0 Å². The minimum absolute atomic E-state index is 0.0809. The van der Waals surface area contributed by atoms with Gasteiger partial charge in [0.1, 0.15) is 11.6 Å². The summed E-state index contributed by atoms with van der Waals surface area (Å²) in [4.78, 5) is 16.4. The molecule has 3 rings (SSSR count). The Kier molecular flexibility index (Phi) is 5.49. The molecule has 0 aliphatic rings. The number of nitrogens with one attached hydrogen (secondary N) is 2. The Hall–Kier alpha value is -3.55. The molecule has 8 heteroatoms. The zero-order valence-corrected chi connectivity index (χ0v) is 14.7. The second-order valence-corrected chi connectivity index (χ2v) is 5.75. The number of amides is 1. The standard InChI is InChI=1S/C20H16F3N3O2/c1-28-17-9-5-2-6-14(17)19(27)26-18-11-10-13(12-24-18)25-16-8-4-3-7-15(16)20(21,22)23/h2-12,25H,1H3,(H,24,26,27). The highest BCUT2D eigenvalue weighted by molar-refractivity contribution is 6.05. The average Bonchev–Trinajstić information content (AvgIpc) is 2.69. The average molecular weight is 387 g/mol. The molecule has 2 N–H and O–H groups in total. The highest BCUT2D eigenvalue weighted by atomic mass is 19.4. The van der Waals surface area contributed by atoms with Crippen LogP contribution in [0.2, 0.25) is 0 Å². The van der Waals surface area contributed by atoms with Gasteiger partial charge in [-0.1, -0.05) is 24.3 Å². The first-order chi connectivity index (χ1) is 13.4. The lowest BCUT2D eigenvalue weighted by molar-refractivity contribution is -0.136. The lowest BCUT2D eigenvalue weighted by Crippen LogP contribution is -2.14. The number of para-hydroxylation sites is 2. The molecule has 1 heterocycles. The molecule has 0 radical (unpaired) electrons. The van der Waals surface area contributed by atoms with Crippen molar-refractivity contribution in [3.05, 3.63) is 78.0 Å². The topological polar surface area (TPSA) is 63.2 Å². The van der Waals surface area contributed by atoms with Crippen LogP contribution in [0.15, 0.2) is 66.9 Å². The number of hydrogen-bond acceptors (Lipinski definition) is 4. The normalized spacial score (nSPS) is 11.0. The molecule has 0 bridgehead atoms. The summed E-state index contributed by atoms with van der Waals surface area (Å²) in [6.45, 7) is 0. The van der Waals surface area contributed by atoms with Crippen LogP contribution in [0, 0.1) is 0 Å². The molecule has 0 aliphatic carbocycles. The number of carbonyl (C=O) groups excluding carboxylic acids is 1. The van der Waals surface area contributed by atoms with E-state index in [4.69, 9.17) is 4.74 Å². The first kappa shape index (κ1) is 19.2. The van der Waals surface area contributed by atoms with Gasteiger partial charge in [0.05, 0.1) is 35.8 Å². The summed E-state index contributed by atoms with van der Waals surface area (Å²) >= 11 is 0. The number of ether oxygens (including phenoxy) is 1. The van der Waals surface area contributed by atoms with Gasteiger partial charge in [-0.2, -0.15) is 13.2 Å². The van der Waals surface area contributed by atoms with Crippen molar-refractivity contribution in [2.45, 2.75) is 6.18 Å². The fourth-order valence-corrected chi connectivity index (χ4v) is 2.55. The smallest absolute Gasteiger partial charge is 0.418 e. The zero-order valence-electron chi connectivity index (χ0n) is 14.7. The molecule has 28 heavy (non-hydrogen) atoms. The highest BCUT2D eigenvalue weighted by Crippen LogP contribution is 2.35. The third-order valence-electron chi connectivity index (χ3n) is 3.87. The third-order valence-corrected chi connectivity index (χ3v) is 3.87. The Morgan fingerprint density at radius 2 is 1.71 bits per heavy atom. The first-order valence-corrected chi connectivity index (χ1v) is 8.22. The molecule has 0 saturated heterocycles. The first-order valence-electron chi connectivity index (χ1n) is 8.22. The van der Waals surface area contributed by atoms with E-state index in [9.17, 15) is 18.0 Å². The van der Waals surface area contributed by atoms with Gasteiger partial charge in [0, 0.05) is 0 Å². The number of rotatable bonds is 5. The molecule has 144 valence electrons. The van der Waals surface area contributed by atoms with Gasteiger partial charge in [0.2, 0.25) is 0 Å². The van der Waals surface area contributed by atoms with E-state index < -0.39 is 17.6 Å². The molecular formula is C20H16F3N3O2. The van der Waals surface area contributed by atoms with E-state index in [0.29, 0.717) is 17.0 Å². The van der Waals surface area contributed by atoms with Gasteiger partial charge >= 0.3 is 6.18 Å². The summed E-state index contributed by atoms with van der Waals surface area (Å²) in [5.41, 5.74) is -0.161. The van der Waals surface area contributed by atoms with E-state index in [1.165, 1.54) is 43.6 Å². The summed E-state index contributed by atoms with van der Waals surface area (Å²) in [6.07, 6.45) is -3.13. The molecule has 1 amide bonds. The molecule has 0 fully saturated rings. The maximum Gasteiger partial charge on any atom is 0.418 e. The predicted molar refractivity (Wildman–Crippen MR) is 99.9 cm³/mol. The van der Waals surface area contributed by atoms with Gasteiger partial charge in [-0.15, -0.1) is 0 Å². The summed E-state index contributed by atoms with van der Waals surface area (Å²) < 4.78 is 44.4. The minimum Gasteiger partial charge on any atom is -0.496 e. The molecule has 0 atom stereocenters. The highest BCUT2D eigenvalue weighted by Gasteiger charge is 2.33. The number of pyridine rings is 1. The fourth-order valence-electron chi connectivity index (χ4n) is 2.55. The van der Waals surface area contributed by atoms with Crippen LogP contribution in [0.25, 0.3) is 0 Å². The van der Waals surface area contributed by atoms with Crippen LogP contribution < -0.4 is 15.4 Å². The van der Waals surface area contributed by atoms with Crippen LogP contribution in [0.5, 0.6) is 5.75 Å². The number of halogens is 3. The van der Waals surface area contributed by atoms with Crippen molar-refractivity contribution in [1.29, 1.82) is 0 Å². The SMILES string of the molecule is COc1ccccc1C(=O)Nc1ccc(Nc2ccccc2C(F)(F)F)cn1. The molecule has 2 aromatic carbocycles. The molecular weight excluding hydrogens is 371 g/mol. The van der Waals surface area contributed by atoms with Crippen LogP contribution >= 0.6 is 0 Å². The summed E-state index contributed by atoms with van der Waals surface area (Å²) in [5, 5.41) is 5.32. The second kappa shape index (κ2) is 7.99. The van der Waals surface area contributed by atoms with Crippen molar-refractivity contribution in [3.8, 4) is 5.75 Å². The van der Waals surface area contributed by atoms with Crippen molar-refractivity contribution in [2.75, 3.05) is 17.7 Å². The van der Waals surface area contributed by atoms with Crippen molar-refractivity contribution in [1.82, 2.24) is 4.98 Å². The second-order valence-electron chi connectivity index (χ2n) is 5.75. The molecule has 3 aromatic rings. The van der Waals surface area contributed by atoms with E-state index in [2.05, 4.69) is 15.6 Å². The number of alkyl halides is 3. The Bertz CT molecular complexity index is 973. The minimum atomic E-state index is -4.47. The van der Waals surface area contributed by atoms with Crippen LogP contribution in [0.4, 0.5) is 30.4 Å². The van der Waals surface area contributed by atoms with Gasteiger partial charge in [0.15, 0.2) is 0 Å². The van der Waals surface area contributed by atoms with E-state index in [1.54, 1.807) is 24.3 Å². The summed E-state index contributed by atoms with van der Waals surface area (Å²) in [6, 6.07) is 14.9. The monoisotopic (exact) mass is 387 g/mol. The predicted octanol–water partition coefficient (Wildman–Crippen LogP) is 5.10. The maximum absolute atomic E-state index is 13.1. The number of anilines is 3. The van der Waals surface area contributed by atoms with Gasteiger partial charge < -0.3 is 15.4 Å². The number of nitrogens with zero attached hydrogens (tertiary/aromatic N) is 1. The number of hydrogen-bond donors (Lipinski definition) is 2. The van der Waals surface area contributed by atoms with Crippen molar-refractivity contribution < 1.29 is 22.7 Å². The molecule has 0 aliphatic heterocycles. The van der Waals surface area contributed by atoms with Crippen LogP contribution in [0.1, 0.15) is 15.9 Å². The van der Waals surface area contributed by atoms with Gasteiger partial charge in [-0.3, -0.25) is 4.79 Å². The van der Waals surface area contributed by atoms with Gasteiger partial charge in [0.25, 0.3) is 5.91 Å². The number of methoxy groups -OCH3 is 1. The fraction of sp³-hybridized carbons (Fsp3) is 0.100. The third kappa shape index (κ3) is 4.40. The summed E-state index contributed by atoms with van der Waals surface area (Å²) in [7, 11) is 1.46. The van der Waals surface area contributed by atoms with Crippen LogP contribution in [-0.2, 0) is 6.18 Å². The van der Waals surface area contributed by atoms with E-state index in [-0.39, 0.29) is 11.5 Å². The zero-order chi connectivity index (χ0) is 20.1. The van der Waals surface area contributed by atoms with E-state index in [1.807, 2.05) is 0 Å². The molecule has 5 nitrogen and oxygen atoms in total. The van der Waals surface area contributed by atoms with Crippen molar-refractivity contribution >= 4 is 23.1 Å². The molecule has 0 unspecified atom stereocenters. The van der Waals surface area contributed by atoms with Crippen molar-refractivity contribution in [2.24, 2.45) is 0 Å². The van der Waals surface area contributed by atoms with Gasteiger partial charge in [-0.25, -0.2) is 4.98 Å². The summed E-state index contributed by atoms with van der Waals surface area (Å²) in [5.74, 6) is 0.265. The lowest BCUT2D eigenvalue weighted by atomic mass is 10.1. The maximum atomic E-state index is 13.1. The number of aromatic nitrogens is 1. The Morgan fingerprint density at radius 3 is 2.39 bits per heavy atom. The Morgan fingerprint density at radius 1 is 1.00 bits per heavy atom. The van der Waals surface area contributed by atoms with Crippen molar-refractivity contribution in [3.63, 3.8) is 0 Å². The van der Waals surface area contributed by atoms with Crippen LogP contribution in [-0.4, -0.2) is 18.0 Å².